The molecule has 206 valence electrons. The van der Waals surface area contributed by atoms with E-state index in [0.29, 0.717) is 13.1 Å². The molecule has 7 rings (SSSR count). The maximum absolute atomic E-state index is 13.2. The minimum absolute atomic E-state index is 0.102. The van der Waals surface area contributed by atoms with Crippen LogP contribution >= 0.6 is 0 Å². The summed E-state index contributed by atoms with van der Waals surface area (Å²) >= 11 is 0. The number of fused-ring (bicyclic) bond motifs is 2. The Hall–Kier alpha value is -4.53. The SMILES string of the molecule is Cc1c(NC(=O)N2Cc3ccccc3C2)cccc1-c1ncnc2[nH]c(-c3cccc(CN4CCOCC4)c3)cc12. The molecule has 0 saturated carbocycles. The van der Waals surface area contributed by atoms with Gasteiger partial charge in [0.1, 0.15) is 12.0 Å². The van der Waals surface area contributed by atoms with Crippen LogP contribution in [0, 0.1) is 6.92 Å². The van der Waals surface area contributed by atoms with Gasteiger partial charge in [-0.15, -0.1) is 0 Å². The Balaban J connectivity index is 1.15. The number of benzene rings is 3. The van der Waals surface area contributed by atoms with Gasteiger partial charge < -0.3 is 19.9 Å². The molecule has 0 atom stereocenters. The second-order valence-corrected chi connectivity index (χ2v) is 10.8. The van der Waals surface area contributed by atoms with Crippen LogP contribution < -0.4 is 5.32 Å². The fourth-order valence-electron chi connectivity index (χ4n) is 5.86. The maximum atomic E-state index is 13.2. The van der Waals surface area contributed by atoms with Crippen molar-refractivity contribution in [2.24, 2.45) is 0 Å². The smallest absolute Gasteiger partial charge is 0.322 e. The third-order valence-corrected chi connectivity index (χ3v) is 8.13. The van der Waals surface area contributed by atoms with Crippen molar-refractivity contribution in [3.8, 4) is 22.5 Å². The number of morpholine rings is 1. The van der Waals surface area contributed by atoms with Crippen molar-refractivity contribution in [3.05, 3.63) is 101 Å². The van der Waals surface area contributed by atoms with Crippen LogP contribution in [0.5, 0.6) is 0 Å². The van der Waals surface area contributed by atoms with Crippen molar-refractivity contribution in [2.75, 3.05) is 31.6 Å². The predicted octanol–water partition coefficient (Wildman–Crippen LogP) is 5.98. The van der Waals surface area contributed by atoms with Gasteiger partial charge in [-0.05, 0) is 52.9 Å². The minimum atomic E-state index is -0.102. The van der Waals surface area contributed by atoms with Gasteiger partial charge in [0, 0.05) is 55.1 Å². The lowest BCUT2D eigenvalue weighted by atomic mass is 10.0. The first-order valence-electron chi connectivity index (χ1n) is 14.1. The highest BCUT2D eigenvalue weighted by molar-refractivity contribution is 5.97. The van der Waals surface area contributed by atoms with Crippen molar-refractivity contribution in [1.82, 2.24) is 24.8 Å². The highest BCUT2D eigenvalue weighted by Gasteiger charge is 2.24. The molecule has 0 radical (unpaired) electrons. The van der Waals surface area contributed by atoms with Gasteiger partial charge in [-0.2, -0.15) is 0 Å². The highest BCUT2D eigenvalue weighted by Crippen LogP contribution is 2.34. The number of ether oxygens (including phenoxy) is 1. The van der Waals surface area contributed by atoms with Crippen LogP contribution in [-0.2, 0) is 24.4 Å². The van der Waals surface area contributed by atoms with E-state index in [2.05, 4.69) is 62.6 Å². The van der Waals surface area contributed by atoms with Gasteiger partial charge in [-0.25, -0.2) is 14.8 Å². The van der Waals surface area contributed by atoms with Crippen LogP contribution in [-0.4, -0.2) is 57.1 Å². The van der Waals surface area contributed by atoms with Gasteiger partial charge in [-0.1, -0.05) is 54.6 Å². The van der Waals surface area contributed by atoms with Gasteiger partial charge in [0.15, 0.2) is 0 Å². The molecule has 8 nitrogen and oxygen atoms in total. The number of carbonyl (C=O) groups is 1. The van der Waals surface area contributed by atoms with Crippen molar-refractivity contribution in [2.45, 2.75) is 26.6 Å². The summed E-state index contributed by atoms with van der Waals surface area (Å²) in [4.78, 5) is 30.2. The number of hydrogen-bond acceptors (Lipinski definition) is 5. The number of rotatable bonds is 5. The first kappa shape index (κ1) is 25.4. The number of nitrogens with zero attached hydrogens (tertiary/aromatic N) is 4. The minimum Gasteiger partial charge on any atom is -0.379 e. The van der Waals surface area contributed by atoms with Gasteiger partial charge >= 0.3 is 6.03 Å². The molecule has 41 heavy (non-hydrogen) atoms. The van der Waals surface area contributed by atoms with Gasteiger partial charge in [-0.3, -0.25) is 4.90 Å². The molecule has 2 N–H and O–H groups in total. The standard InChI is InChI=1S/C33H32N6O2/c1-22-27(10-5-11-29(22)37-33(40)39-19-25-7-2-3-8-26(25)20-39)31-28-17-30(36-32(28)35-21-34-31)24-9-4-6-23(16-24)18-38-12-14-41-15-13-38/h2-11,16-17,21H,12-15,18-20H2,1H3,(H,37,40)(H,34,35,36). The lowest BCUT2D eigenvalue weighted by Crippen LogP contribution is -2.35. The van der Waals surface area contributed by atoms with Gasteiger partial charge in [0.05, 0.1) is 18.9 Å². The average Bonchev–Trinajstić information content (AvgIpc) is 3.64. The predicted molar refractivity (Wildman–Crippen MR) is 160 cm³/mol. The van der Waals surface area contributed by atoms with Crippen LogP contribution in [0.1, 0.15) is 22.3 Å². The molecule has 2 amide bonds. The zero-order valence-corrected chi connectivity index (χ0v) is 23.1. The van der Waals surface area contributed by atoms with E-state index in [4.69, 9.17) is 9.72 Å². The lowest BCUT2D eigenvalue weighted by molar-refractivity contribution is 0.0342. The van der Waals surface area contributed by atoms with Crippen molar-refractivity contribution < 1.29 is 9.53 Å². The van der Waals surface area contributed by atoms with Gasteiger partial charge in [0.2, 0.25) is 0 Å². The van der Waals surface area contributed by atoms with E-state index in [-0.39, 0.29) is 6.03 Å². The van der Waals surface area contributed by atoms with E-state index in [1.165, 1.54) is 16.7 Å². The van der Waals surface area contributed by atoms with Crippen molar-refractivity contribution in [3.63, 3.8) is 0 Å². The molecule has 8 heteroatoms. The summed E-state index contributed by atoms with van der Waals surface area (Å²) in [5, 5.41) is 4.09. The summed E-state index contributed by atoms with van der Waals surface area (Å²) in [7, 11) is 0. The molecule has 0 aliphatic carbocycles. The van der Waals surface area contributed by atoms with E-state index >= 15 is 0 Å². The molecule has 2 aliphatic rings. The normalized spacial score (nSPS) is 15.3. The molecule has 0 bridgehead atoms. The van der Waals surface area contributed by atoms with Crippen LogP contribution in [0.15, 0.2) is 79.1 Å². The summed E-state index contributed by atoms with van der Waals surface area (Å²) in [6.45, 7) is 7.67. The van der Waals surface area contributed by atoms with Crippen molar-refractivity contribution in [1.29, 1.82) is 0 Å². The lowest BCUT2D eigenvalue weighted by Gasteiger charge is -2.26. The third kappa shape index (κ3) is 5.08. The molecule has 5 aromatic rings. The molecular formula is C33H32N6O2. The van der Waals surface area contributed by atoms with Crippen molar-refractivity contribution >= 4 is 22.8 Å². The van der Waals surface area contributed by atoms with E-state index < -0.39 is 0 Å². The van der Waals surface area contributed by atoms with Crippen LogP contribution in [0.4, 0.5) is 10.5 Å². The molecule has 2 aromatic heterocycles. The largest absolute Gasteiger partial charge is 0.379 e. The second-order valence-electron chi connectivity index (χ2n) is 10.8. The summed E-state index contributed by atoms with van der Waals surface area (Å²) < 4.78 is 5.50. The van der Waals surface area contributed by atoms with E-state index in [0.717, 1.165) is 77.6 Å². The molecule has 1 saturated heterocycles. The summed E-state index contributed by atoms with van der Waals surface area (Å²) in [6, 6.07) is 24.8. The Kier molecular flexibility index (Phi) is 6.70. The Morgan fingerprint density at radius 3 is 2.54 bits per heavy atom. The highest BCUT2D eigenvalue weighted by atomic mass is 16.5. The summed E-state index contributed by atoms with van der Waals surface area (Å²) in [6.07, 6.45) is 1.60. The number of hydrogen-bond donors (Lipinski definition) is 2. The third-order valence-electron chi connectivity index (χ3n) is 8.13. The van der Waals surface area contributed by atoms with Crippen LogP contribution in [0.3, 0.4) is 0 Å². The zero-order valence-electron chi connectivity index (χ0n) is 23.1. The Morgan fingerprint density at radius 2 is 1.73 bits per heavy atom. The number of aromatic nitrogens is 3. The van der Waals surface area contributed by atoms with Crippen LogP contribution in [0.25, 0.3) is 33.5 Å². The maximum Gasteiger partial charge on any atom is 0.322 e. The fourth-order valence-corrected chi connectivity index (χ4v) is 5.86. The molecule has 0 spiro atoms. The Bertz CT molecular complexity index is 1710. The molecule has 0 unspecified atom stereocenters. The molecule has 4 heterocycles. The van der Waals surface area contributed by atoms with Gasteiger partial charge in [0.25, 0.3) is 0 Å². The number of anilines is 1. The van der Waals surface area contributed by atoms with E-state index in [1.54, 1.807) is 6.33 Å². The summed E-state index contributed by atoms with van der Waals surface area (Å²) in [5.41, 5.74) is 10.1. The molecule has 2 aliphatic heterocycles. The van der Waals surface area contributed by atoms with E-state index in [1.807, 2.05) is 42.2 Å². The number of urea groups is 1. The number of amides is 2. The molecule has 3 aromatic carbocycles. The monoisotopic (exact) mass is 544 g/mol. The first-order chi connectivity index (χ1) is 20.1. The number of H-pyrrole nitrogens is 1. The second kappa shape index (κ2) is 10.8. The Morgan fingerprint density at radius 1 is 0.951 bits per heavy atom. The van der Waals surface area contributed by atoms with Crippen LogP contribution in [0.2, 0.25) is 0 Å². The number of nitrogens with one attached hydrogen (secondary N) is 2. The number of aromatic amines is 1. The molecular weight excluding hydrogens is 512 g/mol. The summed E-state index contributed by atoms with van der Waals surface area (Å²) in [5.74, 6) is 0. The quantitative estimate of drug-likeness (QED) is 0.284. The van der Waals surface area contributed by atoms with E-state index in [9.17, 15) is 4.79 Å². The topological polar surface area (TPSA) is 86.4 Å². The fraction of sp³-hybridized carbons (Fsp3) is 0.242. The average molecular weight is 545 g/mol. The molecule has 1 fully saturated rings. The number of carbonyl (C=O) groups excluding carboxylic acids is 1. The Labute approximate surface area is 239 Å². The first-order valence-corrected chi connectivity index (χ1v) is 14.1. The zero-order chi connectivity index (χ0) is 27.8.